The van der Waals surface area contributed by atoms with Crippen molar-refractivity contribution in [1.29, 1.82) is 0 Å². The Morgan fingerprint density at radius 3 is 2.16 bits per heavy atom. The van der Waals surface area contributed by atoms with Gasteiger partial charge in [-0.3, -0.25) is 4.79 Å². The van der Waals surface area contributed by atoms with Crippen LogP contribution < -0.4 is 14.9 Å². The van der Waals surface area contributed by atoms with Crippen molar-refractivity contribution in [3.05, 3.63) is 54.1 Å². The predicted molar refractivity (Wildman–Crippen MR) is 132 cm³/mol. The number of hydrogen-bond donors (Lipinski definition) is 3. The predicted octanol–water partition coefficient (Wildman–Crippen LogP) is 4.05. The van der Waals surface area contributed by atoms with Crippen molar-refractivity contribution in [1.82, 2.24) is 0 Å². The Bertz CT molecular complexity index is 736. The second kappa shape index (κ2) is 17.3. The molecule has 2 aromatic rings. The summed E-state index contributed by atoms with van der Waals surface area (Å²) in [6.45, 7) is 6.73. The van der Waals surface area contributed by atoms with Crippen LogP contribution in [0.5, 0.6) is 0 Å². The number of benzene rings is 2. The molecule has 3 N–H and O–H groups in total. The molecule has 3 rings (SSSR count). The summed E-state index contributed by atoms with van der Waals surface area (Å²) in [5, 5.41) is 13.6. The zero-order valence-electron chi connectivity index (χ0n) is 19.3. The normalized spacial score (nSPS) is 12.6. The Morgan fingerprint density at radius 1 is 1.06 bits per heavy atom. The van der Waals surface area contributed by atoms with Crippen LogP contribution in [0.15, 0.2) is 48.5 Å². The molecule has 2 aromatic carbocycles. The van der Waals surface area contributed by atoms with Gasteiger partial charge in [0.05, 0.1) is 13.2 Å². The first-order valence-corrected chi connectivity index (χ1v) is 11.4. The van der Waals surface area contributed by atoms with Gasteiger partial charge in [-0.1, -0.05) is 0 Å². The molecule has 1 fully saturated rings. The van der Waals surface area contributed by atoms with E-state index in [9.17, 15) is 4.79 Å². The molecule has 8 nitrogen and oxygen atoms in total. The lowest BCUT2D eigenvalue weighted by Crippen LogP contribution is -2.26. The van der Waals surface area contributed by atoms with E-state index in [-0.39, 0.29) is 12.5 Å². The first-order chi connectivity index (χ1) is 15.6. The largest absolute Gasteiger partial charge is 0.397 e. The van der Waals surface area contributed by atoms with Gasteiger partial charge < -0.3 is 34.3 Å². The molecular weight excluding hydrogens is 430 g/mol. The Labute approximate surface area is 195 Å². The van der Waals surface area contributed by atoms with Crippen LogP contribution in [-0.4, -0.2) is 64.3 Å². The zero-order valence-corrected chi connectivity index (χ0v) is 20.1. The summed E-state index contributed by atoms with van der Waals surface area (Å²) in [5.41, 5.74) is 3.40. The van der Waals surface area contributed by atoms with Gasteiger partial charge in [0.1, 0.15) is 12.7 Å². The lowest BCUT2D eigenvalue weighted by molar-refractivity contribution is 0.102. The molecule has 9 heteroatoms. The maximum atomic E-state index is 12.4. The third kappa shape index (κ3) is 10.8. The Balaban J connectivity index is 0.000000645. The van der Waals surface area contributed by atoms with E-state index >= 15 is 0 Å². The van der Waals surface area contributed by atoms with Gasteiger partial charge in [-0.05, 0) is 74.3 Å². The third-order valence-corrected chi connectivity index (χ3v) is 4.98. The Hall–Kier alpha value is -2.30. The highest BCUT2D eigenvalue weighted by Gasteiger charge is 2.13. The van der Waals surface area contributed by atoms with E-state index in [4.69, 9.17) is 14.6 Å². The molecule has 1 amide bonds. The molecular formula is C23H35N3O5S. The number of nitrogens with one attached hydrogen (secondary N) is 2. The Kier molecular flexibility index (Phi) is 15.0. The van der Waals surface area contributed by atoms with E-state index in [1.165, 1.54) is 0 Å². The minimum Gasteiger partial charge on any atom is -0.397 e. The average molecular weight is 466 g/mol. The third-order valence-electron chi connectivity index (χ3n) is 4.00. The topological polar surface area (TPSA) is 92.3 Å². The molecule has 1 saturated heterocycles. The lowest BCUT2D eigenvalue weighted by Gasteiger charge is -2.27. The van der Waals surface area contributed by atoms with Gasteiger partial charge in [-0.25, -0.2) is 0 Å². The van der Waals surface area contributed by atoms with Crippen molar-refractivity contribution in [3.63, 3.8) is 0 Å². The van der Waals surface area contributed by atoms with Gasteiger partial charge in [-0.2, -0.15) is 0 Å². The number of rotatable bonds is 7. The van der Waals surface area contributed by atoms with Crippen molar-refractivity contribution >= 4 is 34.9 Å². The van der Waals surface area contributed by atoms with Gasteiger partial charge in [0.15, 0.2) is 0 Å². The molecule has 0 radical (unpaired) electrons. The van der Waals surface area contributed by atoms with E-state index in [1.54, 1.807) is 33.1 Å². The van der Waals surface area contributed by atoms with Crippen LogP contribution in [0.3, 0.4) is 0 Å². The molecule has 1 heterocycles. The summed E-state index contributed by atoms with van der Waals surface area (Å²) < 4.78 is 17.0. The van der Waals surface area contributed by atoms with Crippen LogP contribution in [0.4, 0.5) is 17.1 Å². The van der Waals surface area contributed by atoms with Gasteiger partial charge >= 0.3 is 0 Å². The fourth-order valence-electron chi connectivity index (χ4n) is 2.38. The van der Waals surface area contributed by atoms with E-state index in [0.29, 0.717) is 18.2 Å². The van der Waals surface area contributed by atoms with E-state index in [2.05, 4.69) is 19.7 Å². The van der Waals surface area contributed by atoms with Crippen molar-refractivity contribution < 1.29 is 24.1 Å². The van der Waals surface area contributed by atoms with Crippen LogP contribution in [0.25, 0.3) is 0 Å². The number of aliphatic hydroxyl groups is 1. The first-order valence-electron chi connectivity index (χ1n) is 10.4. The van der Waals surface area contributed by atoms with E-state index in [1.807, 2.05) is 55.5 Å². The average Bonchev–Trinajstić information content (AvgIpc) is 2.85. The lowest BCUT2D eigenvalue weighted by atomic mass is 10.2. The highest BCUT2D eigenvalue weighted by molar-refractivity contribution is 8.00. The molecule has 0 unspecified atom stereocenters. The standard InChI is InChI=1S/C18H21N3O3S.C3H8O.C2H6O/c1-23-12-19-15-4-6-16(7-5-15)20-18(22)14-2-8-17(9-3-14)21-10-11-24-13-25-21;1-3-4-2;1-2-3/h2-9,19H,10-13H2,1H3,(H,20,22);3H2,1-2H3;3H,2H2,1H3. The SMILES string of the molecule is CCO.CCOC.COCNc1ccc(NC(=O)c2ccc(N3CCOCS3)cc2)cc1. The summed E-state index contributed by atoms with van der Waals surface area (Å²) in [4.78, 5) is 12.4. The molecule has 0 aliphatic carbocycles. The molecule has 32 heavy (non-hydrogen) atoms. The number of methoxy groups -OCH3 is 2. The first kappa shape index (κ1) is 27.7. The summed E-state index contributed by atoms with van der Waals surface area (Å²) in [5.74, 6) is 0.538. The second-order valence-corrected chi connectivity index (χ2v) is 7.27. The number of nitrogens with zero attached hydrogens (tertiary/aromatic N) is 1. The molecule has 0 saturated carbocycles. The summed E-state index contributed by atoms with van der Waals surface area (Å²) in [6, 6.07) is 15.1. The fraction of sp³-hybridized carbons (Fsp3) is 0.435. The summed E-state index contributed by atoms with van der Waals surface area (Å²) in [6.07, 6.45) is 0. The maximum absolute atomic E-state index is 12.4. The number of ether oxygens (including phenoxy) is 3. The number of amides is 1. The second-order valence-electron chi connectivity index (χ2n) is 6.34. The van der Waals surface area contributed by atoms with Crippen molar-refractivity contribution in [2.75, 3.05) is 68.2 Å². The minimum absolute atomic E-state index is 0.126. The number of anilines is 3. The molecule has 0 bridgehead atoms. The molecule has 0 spiro atoms. The molecule has 0 atom stereocenters. The Morgan fingerprint density at radius 2 is 1.66 bits per heavy atom. The monoisotopic (exact) mass is 465 g/mol. The van der Waals surface area contributed by atoms with Crippen LogP contribution in [0.1, 0.15) is 24.2 Å². The van der Waals surface area contributed by atoms with E-state index < -0.39 is 0 Å². The fourth-order valence-corrected chi connectivity index (χ4v) is 3.18. The van der Waals surface area contributed by atoms with Gasteiger partial charge in [0, 0.05) is 50.1 Å². The van der Waals surface area contributed by atoms with Gasteiger partial charge in [-0.15, -0.1) is 0 Å². The number of aliphatic hydroxyl groups excluding tert-OH is 1. The summed E-state index contributed by atoms with van der Waals surface area (Å²) >= 11 is 1.64. The highest BCUT2D eigenvalue weighted by atomic mass is 32.2. The van der Waals surface area contributed by atoms with Crippen molar-refractivity contribution in [2.24, 2.45) is 0 Å². The number of carbonyl (C=O) groups is 1. The zero-order chi connectivity index (χ0) is 23.6. The smallest absolute Gasteiger partial charge is 0.255 e. The quantitative estimate of drug-likeness (QED) is 0.417. The van der Waals surface area contributed by atoms with Crippen LogP contribution >= 0.6 is 11.9 Å². The molecule has 178 valence electrons. The van der Waals surface area contributed by atoms with Crippen LogP contribution in [0.2, 0.25) is 0 Å². The molecule has 1 aliphatic heterocycles. The maximum Gasteiger partial charge on any atom is 0.255 e. The van der Waals surface area contributed by atoms with Crippen molar-refractivity contribution in [3.8, 4) is 0 Å². The molecule has 1 aliphatic rings. The van der Waals surface area contributed by atoms with Gasteiger partial charge in [0.2, 0.25) is 0 Å². The van der Waals surface area contributed by atoms with Crippen molar-refractivity contribution in [2.45, 2.75) is 13.8 Å². The van der Waals surface area contributed by atoms with Crippen LogP contribution in [0, 0.1) is 0 Å². The molecule has 0 aromatic heterocycles. The number of carbonyl (C=O) groups excluding carboxylic acids is 1. The summed E-state index contributed by atoms with van der Waals surface area (Å²) in [7, 11) is 3.31. The minimum atomic E-state index is -0.126. The highest BCUT2D eigenvalue weighted by Crippen LogP contribution is 2.25. The number of hydrogen-bond acceptors (Lipinski definition) is 8. The van der Waals surface area contributed by atoms with Gasteiger partial charge in [0.25, 0.3) is 5.91 Å². The van der Waals surface area contributed by atoms with Crippen LogP contribution in [-0.2, 0) is 14.2 Å². The van der Waals surface area contributed by atoms with E-state index in [0.717, 1.165) is 36.8 Å².